The molecule has 0 saturated heterocycles. The van der Waals surface area contributed by atoms with Crippen molar-refractivity contribution in [2.75, 3.05) is 6.61 Å². The van der Waals surface area contributed by atoms with E-state index in [9.17, 15) is 0 Å². The van der Waals surface area contributed by atoms with E-state index in [-0.39, 0.29) is 59.1 Å². The third kappa shape index (κ3) is 53.7. The van der Waals surface area contributed by atoms with Gasteiger partial charge in [-0.2, -0.15) is 0 Å². The van der Waals surface area contributed by atoms with Gasteiger partial charge in [0, 0.05) is 17.0 Å². The van der Waals surface area contributed by atoms with Crippen LogP contribution in [-0.2, 0) is 10.4 Å². The van der Waals surface area contributed by atoms with Crippen LogP contribution in [0.1, 0.15) is 64.7 Å². The minimum absolute atomic E-state index is 0. The standard InChI is InChI=1S/C11H24O.2Na.H2O4S/c1-2-3-4-5-6-7-8-9-10-11-12;;;1-5(2,3)4/h12H,2-11H2,1H3;;;(H2,1,2,3,4)/q;2*+1;/p-2. The molecule has 1 N–H and O–H groups in total. The summed E-state index contributed by atoms with van der Waals surface area (Å²) in [5, 5.41) is 8.54. The molecule has 0 aromatic carbocycles. The summed E-state index contributed by atoms with van der Waals surface area (Å²) < 4.78 is 34.1. The molecule has 0 aromatic rings. The zero-order valence-corrected chi connectivity index (χ0v) is 17.4. The molecule has 0 bridgehead atoms. The molecule has 0 heterocycles. The summed E-state index contributed by atoms with van der Waals surface area (Å²) in [6.07, 6.45) is 11.8. The minimum Gasteiger partial charge on any atom is -0.759 e. The summed E-state index contributed by atoms with van der Waals surface area (Å²) in [5.74, 6) is 0. The molecule has 0 amide bonds. The van der Waals surface area contributed by atoms with E-state index >= 15 is 0 Å². The fraction of sp³-hybridized carbons (Fsp3) is 1.00. The predicted octanol–water partition coefficient (Wildman–Crippen LogP) is -3.82. The third-order valence-corrected chi connectivity index (χ3v) is 2.26. The maximum absolute atomic E-state index is 8.54. The molecule has 0 aromatic heterocycles. The summed E-state index contributed by atoms with van der Waals surface area (Å²) in [4.78, 5) is 0. The molecular formula is C11H24Na2O5S. The Morgan fingerprint density at radius 1 is 0.789 bits per heavy atom. The summed E-state index contributed by atoms with van der Waals surface area (Å²) >= 11 is 0. The van der Waals surface area contributed by atoms with Crippen molar-refractivity contribution in [1.82, 2.24) is 0 Å². The Morgan fingerprint density at radius 3 is 1.32 bits per heavy atom. The number of aliphatic hydroxyl groups is 1. The minimum atomic E-state index is -5.17. The van der Waals surface area contributed by atoms with Crippen LogP contribution in [0, 0.1) is 0 Å². The van der Waals surface area contributed by atoms with Gasteiger partial charge in [-0.05, 0) is 6.42 Å². The van der Waals surface area contributed by atoms with Crippen molar-refractivity contribution in [3.8, 4) is 0 Å². The van der Waals surface area contributed by atoms with Gasteiger partial charge in [-0.3, -0.25) is 8.42 Å². The second kappa shape index (κ2) is 22.1. The molecule has 0 saturated carbocycles. The Bertz CT molecular complexity index is 217. The zero-order valence-electron chi connectivity index (χ0n) is 12.6. The maximum Gasteiger partial charge on any atom is 1.00 e. The summed E-state index contributed by atoms with van der Waals surface area (Å²) in [6.45, 7) is 2.62. The second-order valence-electron chi connectivity index (χ2n) is 3.96. The largest absolute Gasteiger partial charge is 1.00 e. The molecule has 0 unspecified atom stereocenters. The van der Waals surface area contributed by atoms with Crippen LogP contribution in [0.5, 0.6) is 0 Å². The monoisotopic (exact) mass is 314 g/mol. The van der Waals surface area contributed by atoms with Crippen molar-refractivity contribution in [2.24, 2.45) is 0 Å². The average molecular weight is 314 g/mol. The maximum atomic E-state index is 8.54. The van der Waals surface area contributed by atoms with Crippen molar-refractivity contribution >= 4 is 10.4 Å². The van der Waals surface area contributed by atoms with Crippen LogP contribution >= 0.6 is 0 Å². The number of hydrogen-bond acceptors (Lipinski definition) is 5. The van der Waals surface area contributed by atoms with Gasteiger partial charge in [0.05, 0.1) is 0 Å². The zero-order chi connectivity index (χ0) is 13.6. The molecule has 19 heavy (non-hydrogen) atoms. The first-order valence-corrected chi connectivity index (χ1v) is 7.52. The van der Waals surface area contributed by atoms with E-state index in [0.29, 0.717) is 6.61 Å². The van der Waals surface area contributed by atoms with Gasteiger partial charge in [-0.25, -0.2) is 0 Å². The van der Waals surface area contributed by atoms with Gasteiger partial charge in [0.25, 0.3) is 0 Å². The SMILES string of the molecule is CCCCCCCCCCCO.O=S(=O)([O-])[O-].[Na+].[Na+]. The average Bonchev–Trinajstić information content (AvgIpc) is 2.20. The number of aliphatic hydroxyl groups excluding tert-OH is 1. The molecule has 0 aliphatic carbocycles. The first kappa shape index (κ1) is 28.9. The van der Waals surface area contributed by atoms with Crippen molar-refractivity contribution in [2.45, 2.75) is 64.7 Å². The molecule has 0 fully saturated rings. The molecule has 0 radical (unpaired) electrons. The Kier molecular flexibility index (Phi) is 33.7. The van der Waals surface area contributed by atoms with E-state index < -0.39 is 10.4 Å². The van der Waals surface area contributed by atoms with Gasteiger partial charge >= 0.3 is 59.1 Å². The van der Waals surface area contributed by atoms with Crippen LogP contribution in [0.4, 0.5) is 0 Å². The normalized spacial score (nSPS) is 9.68. The van der Waals surface area contributed by atoms with E-state index in [1.165, 1.54) is 51.4 Å². The first-order valence-electron chi connectivity index (χ1n) is 6.19. The number of rotatable bonds is 9. The molecular weight excluding hydrogens is 290 g/mol. The molecule has 0 aliphatic heterocycles. The fourth-order valence-corrected chi connectivity index (χ4v) is 1.42. The quantitative estimate of drug-likeness (QED) is 0.203. The first-order chi connectivity index (χ1) is 7.91. The van der Waals surface area contributed by atoms with Crippen molar-refractivity contribution in [1.29, 1.82) is 0 Å². The Balaban J connectivity index is -0.000000139. The topological polar surface area (TPSA) is 100 Å². The van der Waals surface area contributed by atoms with E-state index in [0.717, 1.165) is 6.42 Å². The van der Waals surface area contributed by atoms with Gasteiger partial charge < -0.3 is 14.2 Å². The van der Waals surface area contributed by atoms with E-state index in [1.807, 2.05) is 0 Å². The molecule has 106 valence electrons. The van der Waals surface area contributed by atoms with Gasteiger partial charge in [-0.15, -0.1) is 0 Å². The second-order valence-corrected chi connectivity index (χ2v) is 4.78. The predicted molar refractivity (Wildman–Crippen MR) is 64.8 cm³/mol. The fourth-order valence-electron chi connectivity index (χ4n) is 1.42. The number of unbranched alkanes of at least 4 members (excludes halogenated alkanes) is 8. The van der Waals surface area contributed by atoms with Crippen LogP contribution in [0.25, 0.3) is 0 Å². The third-order valence-electron chi connectivity index (χ3n) is 2.26. The summed E-state index contributed by atoms with van der Waals surface area (Å²) in [6, 6.07) is 0. The molecule has 0 spiro atoms. The van der Waals surface area contributed by atoms with Gasteiger partial charge in [0.15, 0.2) is 0 Å². The van der Waals surface area contributed by atoms with Gasteiger partial charge in [-0.1, -0.05) is 58.3 Å². The summed E-state index contributed by atoms with van der Waals surface area (Å²) in [7, 11) is -5.17. The van der Waals surface area contributed by atoms with Crippen LogP contribution in [0.2, 0.25) is 0 Å². The van der Waals surface area contributed by atoms with Gasteiger partial charge in [0.1, 0.15) is 0 Å². The molecule has 0 rings (SSSR count). The van der Waals surface area contributed by atoms with Crippen LogP contribution in [0.15, 0.2) is 0 Å². The smallest absolute Gasteiger partial charge is 0.759 e. The Morgan fingerprint density at radius 2 is 1.05 bits per heavy atom. The Labute approximate surface area is 162 Å². The van der Waals surface area contributed by atoms with E-state index in [1.54, 1.807) is 0 Å². The van der Waals surface area contributed by atoms with Crippen LogP contribution in [0.3, 0.4) is 0 Å². The molecule has 0 aliphatic rings. The van der Waals surface area contributed by atoms with Gasteiger partial charge in [0.2, 0.25) is 0 Å². The number of hydrogen-bond donors (Lipinski definition) is 1. The molecule has 5 nitrogen and oxygen atoms in total. The van der Waals surface area contributed by atoms with Crippen molar-refractivity contribution in [3.05, 3.63) is 0 Å². The van der Waals surface area contributed by atoms with Crippen molar-refractivity contribution < 1.29 is 81.7 Å². The molecule has 0 atom stereocenters. The van der Waals surface area contributed by atoms with E-state index in [2.05, 4.69) is 6.92 Å². The summed E-state index contributed by atoms with van der Waals surface area (Å²) in [5.41, 5.74) is 0. The van der Waals surface area contributed by atoms with Crippen LogP contribution in [-0.4, -0.2) is 29.2 Å². The Hall–Kier alpha value is 1.83. The van der Waals surface area contributed by atoms with Crippen molar-refractivity contribution in [3.63, 3.8) is 0 Å². The molecule has 8 heteroatoms. The van der Waals surface area contributed by atoms with Crippen LogP contribution < -0.4 is 59.1 Å². The van der Waals surface area contributed by atoms with E-state index in [4.69, 9.17) is 22.6 Å².